The second-order valence-corrected chi connectivity index (χ2v) is 7.35. The lowest BCUT2D eigenvalue weighted by Gasteiger charge is -2.33. The molecule has 6 heteroatoms. The fraction of sp³-hybridized carbons (Fsp3) is 0.227. The van der Waals surface area contributed by atoms with E-state index >= 15 is 0 Å². The van der Waals surface area contributed by atoms with Crippen LogP contribution in [0.2, 0.25) is 0 Å². The monoisotopic (exact) mass is 372 g/mol. The molecule has 28 heavy (non-hydrogen) atoms. The summed E-state index contributed by atoms with van der Waals surface area (Å²) in [6, 6.07) is 13.6. The molecule has 2 aliphatic carbocycles. The smallest absolute Gasteiger partial charge is 0.269 e. The van der Waals surface area contributed by atoms with E-state index in [2.05, 4.69) is 0 Å². The molecule has 5 rings (SSSR count). The minimum absolute atomic E-state index is 0.0151. The van der Waals surface area contributed by atoms with Crippen LogP contribution in [0.15, 0.2) is 64.8 Å². The zero-order valence-electron chi connectivity index (χ0n) is 14.9. The molecule has 1 heterocycles. The van der Waals surface area contributed by atoms with Crippen LogP contribution in [0.1, 0.15) is 46.7 Å². The van der Waals surface area contributed by atoms with Crippen LogP contribution in [-0.2, 0) is 4.79 Å². The van der Waals surface area contributed by atoms with Crippen LogP contribution in [0, 0.1) is 16.0 Å². The maximum absolute atomic E-state index is 13.2. The average Bonchev–Trinajstić information content (AvgIpc) is 2.99. The topological polar surface area (TPSA) is 89.6 Å². The van der Waals surface area contributed by atoms with E-state index in [4.69, 9.17) is 4.99 Å². The van der Waals surface area contributed by atoms with E-state index in [0.717, 1.165) is 29.0 Å². The highest BCUT2D eigenvalue weighted by Crippen LogP contribution is 2.48. The van der Waals surface area contributed by atoms with Gasteiger partial charge < -0.3 is 0 Å². The van der Waals surface area contributed by atoms with Crippen molar-refractivity contribution in [3.8, 4) is 0 Å². The number of nitro groups is 1. The fourth-order valence-electron chi connectivity index (χ4n) is 4.61. The van der Waals surface area contributed by atoms with Crippen molar-refractivity contribution in [1.29, 1.82) is 0 Å². The predicted molar refractivity (Wildman–Crippen MR) is 103 cm³/mol. The molecule has 3 aliphatic rings. The number of hydrogen-bond donors (Lipinski definition) is 0. The Hall–Kier alpha value is -3.41. The van der Waals surface area contributed by atoms with E-state index in [9.17, 15) is 19.7 Å². The van der Waals surface area contributed by atoms with Gasteiger partial charge >= 0.3 is 0 Å². The van der Waals surface area contributed by atoms with Crippen molar-refractivity contribution in [3.05, 3.63) is 86.6 Å². The lowest BCUT2D eigenvalue weighted by atomic mass is 9.71. The second-order valence-electron chi connectivity index (χ2n) is 7.35. The molecule has 0 radical (unpaired) electrons. The minimum atomic E-state index is -0.556. The van der Waals surface area contributed by atoms with Gasteiger partial charge in [-0.1, -0.05) is 36.4 Å². The lowest BCUT2D eigenvalue weighted by molar-refractivity contribution is -0.384. The maximum Gasteiger partial charge on any atom is 0.269 e. The van der Waals surface area contributed by atoms with Gasteiger partial charge in [-0.3, -0.25) is 24.7 Å². The Kier molecular flexibility index (Phi) is 3.62. The first-order valence-electron chi connectivity index (χ1n) is 9.29. The number of allylic oxidation sites excluding steroid dienone is 2. The van der Waals surface area contributed by atoms with Crippen LogP contribution in [-0.4, -0.2) is 22.2 Å². The summed E-state index contributed by atoms with van der Waals surface area (Å²) < 4.78 is 0. The van der Waals surface area contributed by atoms with Crippen LogP contribution in [0.4, 0.5) is 5.69 Å². The van der Waals surface area contributed by atoms with Crippen molar-refractivity contribution >= 4 is 23.0 Å². The summed E-state index contributed by atoms with van der Waals surface area (Å²) in [6.45, 7) is 0. The molecule has 0 saturated heterocycles. The average molecular weight is 372 g/mol. The van der Waals surface area contributed by atoms with Crippen LogP contribution in [0.25, 0.3) is 0 Å². The molecule has 0 N–H and O–H groups in total. The Morgan fingerprint density at radius 1 is 0.929 bits per heavy atom. The minimum Gasteiger partial charge on any atom is -0.294 e. The highest BCUT2D eigenvalue weighted by molar-refractivity contribution is 6.30. The van der Waals surface area contributed by atoms with Crippen LogP contribution in [0.3, 0.4) is 0 Å². The molecule has 0 aromatic heterocycles. The van der Waals surface area contributed by atoms with E-state index in [1.807, 2.05) is 18.2 Å². The summed E-state index contributed by atoms with van der Waals surface area (Å²) in [5.41, 5.74) is 4.27. The van der Waals surface area contributed by atoms with Gasteiger partial charge in [-0.2, -0.15) is 0 Å². The van der Waals surface area contributed by atoms with Gasteiger partial charge in [0.25, 0.3) is 5.69 Å². The van der Waals surface area contributed by atoms with Gasteiger partial charge in [0.1, 0.15) is 0 Å². The van der Waals surface area contributed by atoms with Gasteiger partial charge in [0.2, 0.25) is 0 Å². The van der Waals surface area contributed by atoms with Crippen molar-refractivity contribution in [2.45, 2.75) is 25.2 Å². The molecule has 0 amide bonds. The van der Waals surface area contributed by atoms with Gasteiger partial charge in [0, 0.05) is 46.9 Å². The van der Waals surface area contributed by atoms with Gasteiger partial charge in [-0.05, 0) is 18.4 Å². The first-order chi connectivity index (χ1) is 13.6. The molecule has 2 atom stereocenters. The summed E-state index contributed by atoms with van der Waals surface area (Å²) in [7, 11) is 0. The highest BCUT2D eigenvalue weighted by atomic mass is 16.6. The van der Waals surface area contributed by atoms with Crippen LogP contribution in [0.5, 0.6) is 0 Å². The summed E-state index contributed by atoms with van der Waals surface area (Å²) in [4.78, 5) is 41.4. The number of carbonyl (C=O) groups excluding carboxylic acids is 2. The number of nitrogens with zero attached hydrogens (tertiary/aromatic N) is 2. The molecular formula is C22H16N2O4. The van der Waals surface area contributed by atoms with E-state index in [1.165, 1.54) is 12.1 Å². The Balaban J connectivity index is 1.72. The van der Waals surface area contributed by atoms with Gasteiger partial charge in [-0.25, -0.2) is 0 Å². The Labute approximate surface area is 160 Å². The highest BCUT2D eigenvalue weighted by Gasteiger charge is 2.48. The Bertz CT molecular complexity index is 1110. The van der Waals surface area contributed by atoms with Crippen molar-refractivity contribution in [3.63, 3.8) is 0 Å². The maximum atomic E-state index is 13.2. The van der Waals surface area contributed by atoms with Crippen molar-refractivity contribution in [2.75, 3.05) is 0 Å². The molecule has 1 aliphatic heterocycles. The Morgan fingerprint density at radius 2 is 1.64 bits per heavy atom. The first-order valence-corrected chi connectivity index (χ1v) is 9.29. The molecule has 0 unspecified atom stereocenters. The molecule has 2 aromatic carbocycles. The molecule has 0 spiro atoms. The Morgan fingerprint density at radius 3 is 2.36 bits per heavy atom. The summed E-state index contributed by atoms with van der Waals surface area (Å²) in [5.74, 6) is -1.02. The summed E-state index contributed by atoms with van der Waals surface area (Å²) in [5, 5.41) is 11.0. The molecular weight excluding hydrogens is 356 g/mol. The van der Waals surface area contributed by atoms with Gasteiger partial charge in [-0.15, -0.1) is 0 Å². The predicted octanol–water partition coefficient (Wildman–Crippen LogP) is 4.00. The number of non-ortho nitro benzene ring substituents is 1. The third-order valence-electron chi connectivity index (χ3n) is 5.84. The largest absolute Gasteiger partial charge is 0.294 e. The molecule has 0 fully saturated rings. The summed E-state index contributed by atoms with van der Waals surface area (Å²) in [6.07, 6.45) is 1.90. The molecule has 0 bridgehead atoms. The zero-order chi connectivity index (χ0) is 19.4. The van der Waals surface area contributed by atoms with Crippen molar-refractivity contribution in [1.82, 2.24) is 0 Å². The third-order valence-corrected chi connectivity index (χ3v) is 5.84. The molecule has 0 saturated carbocycles. The van der Waals surface area contributed by atoms with Crippen molar-refractivity contribution < 1.29 is 14.5 Å². The number of nitro benzene ring substituents is 1. The van der Waals surface area contributed by atoms with Crippen molar-refractivity contribution in [2.24, 2.45) is 10.9 Å². The number of ketones is 2. The van der Waals surface area contributed by atoms with E-state index < -0.39 is 16.8 Å². The van der Waals surface area contributed by atoms with E-state index in [1.54, 1.807) is 18.2 Å². The zero-order valence-corrected chi connectivity index (χ0v) is 14.9. The van der Waals surface area contributed by atoms with Gasteiger partial charge in [0.15, 0.2) is 11.6 Å². The third kappa shape index (κ3) is 2.30. The molecule has 2 aromatic rings. The second kappa shape index (κ2) is 6.05. The number of rotatable bonds is 2. The van der Waals surface area contributed by atoms with E-state index in [0.29, 0.717) is 24.0 Å². The standard InChI is InChI=1S/C22H16N2O4/c25-17-7-3-6-16-19(17)18(12-8-10-13(11-9-12)24(27)28)20-21(23-16)14-4-1-2-5-15(14)22(20)26/h1-2,4-5,8-11,18,20H,3,6-7H2/t18-,20+/m0/s1. The molecule has 138 valence electrons. The number of aliphatic imine (C=N–C) groups is 1. The number of carbonyl (C=O) groups is 2. The fourth-order valence-corrected chi connectivity index (χ4v) is 4.61. The number of fused-ring (bicyclic) bond motifs is 3. The quantitative estimate of drug-likeness (QED) is 0.589. The first kappa shape index (κ1) is 16.7. The van der Waals surface area contributed by atoms with Crippen LogP contribution >= 0.6 is 0 Å². The SMILES string of the molecule is O=C1CCCC2=C1[C@H](c1ccc([N+](=O)[O-])cc1)[C@H]1C(=O)c3ccccc3C1=N2. The molecule has 6 nitrogen and oxygen atoms in total. The number of Topliss-reactive ketones (excluding diaryl/α,β-unsaturated/α-hetero) is 2. The summed E-state index contributed by atoms with van der Waals surface area (Å²) >= 11 is 0. The number of hydrogen-bond acceptors (Lipinski definition) is 5. The number of benzene rings is 2. The lowest BCUT2D eigenvalue weighted by Crippen LogP contribution is -2.33. The normalized spacial score (nSPS) is 23.1. The van der Waals surface area contributed by atoms with Crippen LogP contribution < -0.4 is 0 Å². The van der Waals surface area contributed by atoms with E-state index in [-0.39, 0.29) is 17.3 Å². The van der Waals surface area contributed by atoms with Gasteiger partial charge in [0.05, 0.1) is 16.6 Å².